The molecule has 2 aliphatic carbocycles. The normalized spacial score (nSPS) is 27.4. The number of fused-ring (bicyclic) bond motifs is 2. The van der Waals surface area contributed by atoms with Gasteiger partial charge in [-0.1, -0.05) is 39.0 Å². The van der Waals surface area contributed by atoms with Crippen LogP contribution in [0.1, 0.15) is 32.8 Å². The summed E-state index contributed by atoms with van der Waals surface area (Å²) in [5.41, 5.74) is 1.60. The summed E-state index contributed by atoms with van der Waals surface area (Å²) < 4.78 is 5.37. The lowest BCUT2D eigenvalue weighted by Crippen LogP contribution is -2.36. The first kappa shape index (κ1) is 17.5. The van der Waals surface area contributed by atoms with Crippen LogP contribution in [0.2, 0.25) is 0 Å². The van der Waals surface area contributed by atoms with Gasteiger partial charge >= 0.3 is 5.97 Å². The lowest BCUT2D eigenvalue weighted by atomic mass is 9.82. The van der Waals surface area contributed by atoms with Crippen LogP contribution in [0.3, 0.4) is 0 Å². The molecule has 0 aromatic heterocycles. The summed E-state index contributed by atoms with van der Waals surface area (Å²) in [5, 5.41) is 12.5. The van der Waals surface area contributed by atoms with Crippen molar-refractivity contribution in [3.63, 3.8) is 0 Å². The number of hydrogen-bond donors (Lipinski definition) is 2. The Morgan fingerprint density at radius 2 is 1.80 bits per heavy atom. The number of methoxy groups -OCH3 is 1. The maximum atomic E-state index is 12.9. The van der Waals surface area contributed by atoms with E-state index >= 15 is 0 Å². The van der Waals surface area contributed by atoms with Crippen LogP contribution in [0.5, 0.6) is 5.75 Å². The first-order chi connectivity index (χ1) is 11.7. The fourth-order valence-electron chi connectivity index (χ4n) is 4.00. The maximum Gasteiger partial charge on any atom is 0.307 e. The number of anilines is 1. The van der Waals surface area contributed by atoms with Gasteiger partial charge in [0.1, 0.15) is 5.75 Å². The Morgan fingerprint density at radius 1 is 1.16 bits per heavy atom. The zero-order valence-corrected chi connectivity index (χ0v) is 15.1. The van der Waals surface area contributed by atoms with Gasteiger partial charge in [0.05, 0.1) is 24.6 Å². The summed E-state index contributed by atoms with van der Waals surface area (Å²) in [6, 6.07) is 5.73. The molecule has 3 rings (SSSR count). The van der Waals surface area contributed by atoms with Crippen molar-refractivity contribution >= 4 is 17.6 Å². The Bertz CT molecular complexity index is 732. The molecule has 4 atom stereocenters. The van der Waals surface area contributed by atoms with Crippen LogP contribution in [0.25, 0.3) is 0 Å². The van der Waals surface area contributed by atoms with Crippen LogP contribution in [0, 0.1) is 23.7 Å². The number of carbonyl (C=O) groups is 2. The van der Waals surface area contributed by atoms with Gasteiger partial charge < -0.3 is 15.2 Å². The Morgan fingerprint density at radius 3 is 2.36 bits per heavy atom. The van der Waals surface area contributed by atoms with Gasteiger partial charge in [-0.15, -0.1) is 0 Å². The van der Waals surface area contributed by atoms with E-state index in [1.54, 1.807) is 7.11 Å². The number of rotatable bonds is 4. The lowest BCUT2D eigenvalue weighted by Gasteiger charge is -2.25. The van der Waals surface area contributed by atoms with Crippen molar-refractivity contribution in [3.05, 3.63) is 35.9 Å². The topological polar surface area (TPSA) is 75.6 Å². The molecule has 0 spiro atoms. The average Bonchev–Trinajstić information content (AvgIpc) is 3.14. The summed E-state index contributed by atoms with van der Waals surface area (Å²) in [6.45, 7) is 6.30. The second kappa shape index (κ2) is 6.21. The third kappa shape index (κ3) is 3.15. The van der Waals surface area contributed by atoms with Gasteiger partial charge in [-0.25, -0.2) is 0 Å². The van der Waals surface area contributed by atoms with Crippen LogP contribution >= 0.6 is 0 Å². The predicted molar refractivity (Wildman–Crippen MR) is 95.7 cm³/mol. The second-order valence-corrected chi connectivity index (χ2v) is 7.99. The minimum atomic E-state index is -0.896. The molecule has 5 nitrogen and oxygen atoms in total. The molecular weight excluding hydrogens is 318 g/mol. The SMILES string of the molecule is COc1ccc(C(C)(C)C)cc1NC(=O)[C@@H]1[C@H](C(=O)O)[C@H]2C=C[C@H]1C2. The molecule has 0 aliphatic heterocycles. The molecule has 0 radical (unpaired) electrons. The molecule has 0 unspecified atom stereocenters. The van der Waals surface area contributed by atoms with Crippen molar-refractivity contribution in [3.8, 4) is 5.75 Å². The quantitative estimate of drug-likeness (QED) is 0.821. The highest BCUT2D eigenvalue weighted by Gasteiger charge is 2.51. The monoisotopic (exact) mass is 343 g/mol. The van der Waals surface area contributed by atoms with Gasteiger partial charge in [-0.05, 0) is 41.4 Å². The number of aliphatic carboxylic acids is 1. The molecule has 134 valence electrons. The third-order valence-electron chi connectivity index (χ3n) is 5.37. The highest BCUT2D eigenvalue weighted by atomic mass is 16.5. The van der Waals surface area contributed by atoms with Crippen LogP contribution in [0.15, 0.2) is 30.4 Å². The maximum absolute atomic E-state index is 12.9. The molecule has 2 bridgehead atoms. The average molecular weight is 343 g/mol. The number of ether oxygens (including phenoxy) is 1. The van der Waals surface area contributed by atoms with Crippen LogP contribution < -0.4 is 10.1 Å². The van der Waals surface area contributed by atoms with Gasteiger partial charge in [0.25, 0.3) is 0 Å². The molecule has 0 heterocycles. The van der Waals surface area contributed by atoms with Gasteiger partial charge in [-0.3, -0.25) is 9.59 Å². The van der Waals surface area contributed by atoms with E-state index in [1.165, 1.54) is 0 Å². The zero-order valence-electron chi connectivity index (χ0n) is 15.1. The highest BCUT2D eigenvalue weighted by molar-refractivity contribution is 5.97. The third-order valence-corrected chi connectivity index (χ3v) is 5.37. The van der Waals surface area contributed by atoms with E-state index in [9.17, 15) is 14.7 Å². The van der Waals surface area contributed by atoms with E-state index in [0.29, 0.717) is 11.4 Å². The molecule has 5 heteroatoms. The van der Waals surface area contributed by atoms with Crippen molar-refractivity contribution in [2.24, 2.45) is 23.7 Å². The summed E-state index contributed by atoms with van der Waals surface area (Å²) in [6.07, 6.45) is 4.67. The number of benzene rings is 1. The molecular formula is C20H25NO4. The number of carboxylic acids is 1. The first-order valence-corrected chi connectivity index (χ1v) is 8.63. The van der Waals surface area contributed by atoms with E-state index in [2.05, 4.69) is 26.1 Å². The molecule has 1 aromatic carbocycles. The van der Waals surface area contributed by atoms with Crippen molar-refractivity contribution in [1.29, 1.82) is 0 Å². The minimum absolute atomic E-state index is 0.00268. The standard InChI is InChI=1S/C20H25NO4/c1-20(2,3)13-7-8-15(25-4)14(10-13)21-18(22)16-11-5-6-12(9-11)17(16)19(23)24/h5-8,10-12,16-17H,9H2,1-4H3,(H,21,22)(H,23,24)/t11-,12-,16-,17+/m0/s1. The number of nitrogens with one attached hydrogen (secondary N) is 1. The lowest BCUT2D eigenvalue weighted by molar-refractivity contribution is -0.146. The van der Waals surface area contributed by atoms with Crippen molar-refractivity contribution in [1.82, 2.24) is 0 Å². The predicted octanol–water partition coefficient (Wildman–Crippen LogP) is 3.45. The largest absolute Gasteiger partial charge is 0.495 e. The van der Waals surface area contributed by atoms with Gasteiger partial charge in [0, 0.05) is 0 Å². The molecule has 0 saturated heterocycles. The van der Waals surface area contributed by atoms with Crippen molar-refractivity contribution in [2.75, 3.05) is 12.4 Å². The minimum Gasteiger partial charge on any atom is -0.495 e. The van der Waals surface area contributed by atoms with E-state index in [1.807, 2.05) is 30.4 Å². The molecule has 1 fully saturated rings. The van der Waals surface area contributed by atoms with E-state index in [4.69, 9.17) is 4.74 Å². The zero-order chi connectivity index (χ0) is 18.4. The van der Waals surface area contributed by atoms with Crippen LogP contribution in [-0.2, 0) is 15.0 Å². The van der Waals surface area contributed by atoms with Gasteiger partial charge in [-0.2, -0.15) is 0 Å². The fourth-order valence-corrected chi connectivity index (χ4v) is 4.00. The summed E-state index contributed by atoms with van der Waals surface area (Å²) in [5.74, 6) is -1.78. The molecule has 1 amide bonds. The Hall–Kier alpha value is -2.30. The van der Waals surface area contributed by atoms with Crippen molar-refractivity contribution in [2.45, 2.75) is 32.6 Å². The Balaban J connectivity index is 1.88. The number of carbonyl (C=O) groups excluding carboxylic acids is 1. The van der Waals surface area contributed by atoms with Gasteiger partial charge in [0.15, 0.2) is 0 Å². The highest BCUT2D eigenvalue weighted by Crippen LogP contribution is 2.48. The molecule has 1 saturated carbocycles. The summed E-state index contributed by atoms with van der Waals surface area (Å²) in [4.78, 5) is 24.5. The van der Waals surface area contributed by atoms with Crippen molar-refractivity contribution < 1.29 is 19.4 Å². The van der Waals surface area contributed by atoms with Crippen LogP contribution in [-0.4, -0.2) is 24.1 Å². The Labute approximate surface area is 148 Å². The van der Waals surface area contributed by atoms with Crippen LogP contribution in [0.4, 0.5) is 5.69 Å². The van der Waals surface area contributed by atoms with E-state index in [-0.39, 0.29) is 23.2 Å². The number of amides is 1. The van der Waals surface area contributed by atoms with E-state index in [0.717, 1.165) is 12.0 Å². The number of carboxylic acid groups (broad SMARTS) is 1. The molecule has 2 aliphatic rings. The number of hydrogen-bond acceptors (Lipinski definition) is 3. The summed E-state index contributed by atoms with van der Waals surface area (Å²) in [7, 11) is 1.56. The van der Waals surface area contributed by atoms with Gasteiger partial charge in [0.2, 0.25) is 5.91 Å². The fraction of sp³-hybridized carbons (Fsp3) is 0.500. The second-order valence-electron chi connectivity index (χ2n) is 7.99. The smallest absolute Gasteiger partial charge is 0.307 e. The molecule has 2 N–H and O–H groups in total. The Kier molecular flexibility index (Phi) is 4.35. The first-order valence-electron chi connectivity index (χ1n) is 8.63. The summed E-state index contributed by atoms with van der Waals surface area (Å²) >= 11 is 0. The van der Waals surface area contributed by atoms with E-state index < -0.39 is 17.8 Å². The molecule has 1 aromatic rings. The number of allylic oxidation sites excluding steroid dienone is 2. The molecule has 25 heavy (non-hydrogen) atoms.